The number of methoxy groups -OCH3 is 2. The highest BCUT2D eigenvalue weighted by Gasteiger charge is 2.12. The molecule has 114 valence electrons. The lowest BCUT2D eigenvalue weighted by molar-refractivity contribution is 0.354. The van der Waals surface area contributed by atoms with Gasteiger partial charge in [0, 0.05) is 4.88 Å². The minimum atomic E-state index is 0.458. The summed E-state index contributed by atoms with van der Waals surface area (Å²) in [7, 11) is 3.35. The zero-order chi connectivity index (χ0) is 15.4. The van der Waals surface area contributed by atoms with Crippen LogP contribution in [0.25, 0.3) is 0 Å². The van der Waals surface area contributed by atoms with Gasteiger partial charge in [0.15, 0.2) is 11.5 Å². The van der Waals surface area contributed by atoms with Crippen LogP contribution in [0.5, 0.6) is 11.5 Å². The van der Waals surface area contributed by atoms with Crippen molar-refractivity contribution in [2.75, 3.05) is 14.2 Å². The summed E-state index contributed by atoms with van der Waals surface area (Å²) in [4.78, 5) is 1.46. The quantitative estimate of drug-likeness (QED) is 0.727. The van der Waals surface area contributed by atoms with Crippen LogP contribution in [0, 0.1) is 0 Å². The van der Waals surface area contributed by atoms with E-state index in [4.69, 9.17) is 9.47 Å². The molecule has 0 fully saturated rings. The first-order valence-electron chi connectivity index (χ1n) is 7.34. The van der Waals surface area contributed by atoms with Gasteiger partial charge >= 0.3 is 0 Å². The summed E-state index contributed by atoms with van der Waals surface area (Å²) in [5, 5.41) is 2.28. The summed E-state index contributed by atoms with van der Waals surface area (Å²) in [5.74, 6) is 2.65. The van der Waals surface area contributed by atoms with Crippen LogP contribution in [0.15, 0.2) is 29.6 Å². The Labute approximate surface area is 131 Å². The average molecular weight is 304 g/mol. The van der Waals surface area contributed by atoms with E-state index >= 15 is 0 Å². The van der Waals surface area contributed by atoms with Crippen molar-refractivity contribution in [1.82, 2.24) is 0 Å². The van der Waals surface area contributed by atoms with E-state index in [0.29, 0.717) is 11.8 Å². The normalized spacial score (nSPS) is 12.5. The zero-order valence-electron chi connectivity index (χ0n) is 13.5. The van der Waals surface area contributed by atoms with Gasteiger partial charge in [-0.3, -0.25) is 0 Å². The number of rotatable bonds is 6. The minimum Gasteiger partial charge on any atom is -0.493 e. The van der Waals surface area contributed by atoms with Crippen molar-refractivity contribution in [3.63, 3.8) is 0 Å². The van der Waals surface area contributed by atoms with Gasteiger partial charge in [0.05, 0.1) is 14.2 Å². The van der Waals surface area contributed by atoms with Crippen LogP contribution >= 0.6 is 11.3 Å². The molecule has 0 saturated heterocycles. The van der Waals surface area contributed by atoms with Gasteiger partial charge in [0.25, 0.3) is 0 Å². The minimum absolute atomic E-state index is 0.458. The molecule has 1 atom stereocenters. The molecule has 1 unspecified atom stereocenters. The number of hydrogen-bond donors (Lipinski definition) is 0. The molecular formula is C18H24O2S. The van der Waals surface area contributed by atoms with E-state index in [1.807, 2.05) is 17.4 Å². The molecule has 0 N–H and O–H groups in total. The molecule has 1 aromatic carbocycles. The molecule has 1 aromatic heterocycles. The third kappa shape index (κ3) is 3.79. The van der Waals surface area contributed by atoms with Crippen LogP contribution < -0.4 is 9.47 Å². The fourth-order valence-corrected chi connectivity index (χ4v) is 3.38. The van der Waals surface area contributed by atoms with Gasteiger partial charge in [0.2, 0.25) is 0 Å². The van der Waals surface area contributed by atoms with Crippen LogP contribution in [-0.2, 0) is 6.42 Å². The lowest BCUT2D eigenvalue weighted by Crippen LogP contribution is -1.99. The highest BCUT2D eigenvalue weighted by molar-refractivity contribution is 7.10. The summed E-state index contributed by atoms with van der Waals surface area (Å²) < 4.78 is 10.7. The van der Waals surface area contributed by atoms with Gasteiger partial charge in [-0.1, -0.05) is 26.8 Å². The topological polar surface area (TPSA) is 18.5 Å². The van der Waals surface area contributed by atoms with E-state index in [0.717, 1.165) is 17.9 Å². The number of benzene rings is 1. The standard InChI is InChI=1S/C18H24O2S/c1-12(2)18-9-14(11-21-18)8-13(3)15-6-7-16(19-4)17(10-15)20-5/h6-7,9-13H,8H2,1-5H3. The van der Waals surface area contributed by atoms with Crippen LogP contribution in [0.1, 0.15) is 48.6 Å². The maximum atomic E-state index is 5.39. The number of hydrogen-bond acceptors (Lipinski definition) is 3. The van der Waals surface area contributed by atoms with Gasteiger partial charge < -0.3 is 9.47 Å². The molecule has 0 amide bonds. The Morgan fingerprint density at radius 3 is 2.29 bits per heavy atom. The molecular weight excluding hydrogens is 280 g/mol. The maximum absolute atomic E-state index is 5.39. The molecule has 2 aromatic rings. The van der Waals surface area contributed by atoms with Crippen LogP contribution in [0.4, 0.5) is 0 Å². The molecule has 0 radical (unpaired) electrons. The summed E-state index contributed by atoms with van der Waals surface area (Å²) >= 11 is 1.86. The summed E-state index contributed by atoms with van der Waals surface area (Å²) in [6.07, 6.45) is 1.05. The van der Waals surface area contributed by atoms with E-state index in [1.165, 1.54) is 16.0 Å². The van der Waals surface area contributed by atoms with Crippen LogP contribution in [0.3, 0.4) is 0 Å². The predicted molar refractivity (Wildman–Crippen MR) is 90.1 cm³/mol. The maximum Gasteiger partial charge on any atom is 0.160 e. The van der Waals surface area contributed by atoms with Gasteiger partial charge in [-0.2, -0.15) is 0 Å². The fraction of sp³-hybridized carbons (Fsp3) is 0.444. The lowest BCUT2D eigenvalue weighted by Gasteiger charge is -2.14. The smallest absolute Gasteiger partial charge is 0.160 e. The molecule has 3 heteroatoms. The van der Waals surface area contributed by atoms with Gasteiger partial charge in [0.1, 0.15) is 0 Å². The van der Waals surface area contributed by atoms with Crippen molar-refractivity contribution in [3.8, 4) is 11.5 Å². The van der Waals surface area contributed by atoms with E-state index in [-0.39, 0.29) is 0 Å². The van der Waals surface area contributed by atoms with Crippen LogP contribution in [-0.4, -0.2) is 14.2 Å². The number of ether oxygens (including phenoxy) is 2. The number of thiophene rings is 1. The second-order valence-electron chi connectivity index (χ2n) is 5.73. The van der Waals surface area contributed by atoms with Gasteiger partial charge in [-0.15, -0.1) is 11.3 Å². The fourth-order valence-electron chi connectivity index (χ4n) is 2.44. The molecule has 0 spiro atoms. The Bertz CT molecular complexity index is 587. The second-order valence-corrected chi connectivity index (χ2v) is 6.67. The van der Waals surface area contributed by atoms with Crippen LogP contribution in [0.2, 0.25) is 0 Å². The highest BCUT2D eigenvalue weighted by Crippen LogP contribution is 2.32. The monoisotopic (exact) mass is 304 g/mol. The first-order chi connectivity index (χ1) is 10.0. The molecule has 21 heavy (non-hydrogen) atoms. The molecule has 0 aliphatic carbocycles. The predicted octanol–water partition coefficient (Wildman–Crippen LogP) is 5.23. The molecule has 0 bridgehead atoms. The van der Waals surface area contributed by atoms with Crippen molar-refractivity contribution < 1.29 is 9.47 Å². The summed E-state index contributed by atoms with van der Waals surface area (Å²) in [6, 6.07) is 8.53. The zero-order valence-corrected chi connectivity index (χ0v) is 14.3. The molecule has 0 saturated carbocycles. The molecule has 1 heterocycles. The molecule has 2 nitrogen and oxygen atoms in total. The Morgan fingerprint density at radius 1 is 1.00 bits per heavy atom. The third-order valence-electron chi connectivity index (χ3n) is 3.76. The van der Waals surface area contributed by atoms with E-state index < -0.39 is 0 Å². The van der Waals surface area contributed by atoms with Crippen molar-refractivity contribution in [1.29, 1.82) is 0 Å². The van der Waals surface area contributed by atoms with Crippen molar-refractivity contribution >= 4 is 11.3 Å². The Balaban J connectivity index is 2.13. The highest BCUT2D eigenvalue weighted by atomic mass is 32.1. The van der Waals surface area contributed by atoms with Crippen molar-refractivity contribution in [2.24, 2.45) is 0 Å². The Morgan fingerprint density at radius 2 is 1.71 bits per heavy atom. The molecule has 0 aliphatic heterocycles. The first-order valence-corrected chi connectivity index (χ1v) is 8.22. The summed E-state index contributed by atoms with van der Waals surface area (Å²) in [6.45, 7) is 6.74. The largest absolute Gasteiger partial charge is 0.493 e. The van der Waals surface area contributed by atoms with Crippen molar-refractivity contribution in [2.45, 2.75) is 39.0 Å². The Hall–Kier alpha value is -1.48. The van der Waals surface area contributed by atoms with E-state index in [9.17, 15) is 0 Å². The third-order valence-corrected chi connectivity index (χ3v) is 5.04. The molecule has 2 rings (SSSR count). The second kappa shape index (κ2) is 6.99. The van der Waals surface area contributed by atoms with E-state index in [2.05, 4.69) is 44.4 Å². The Kier molecular flexibility index (Phi) is 5.29. The SMILES string of the molecule is COc1ccc(C(C)Cc2csc(C(C)C)c2)cc1OC. The van der Waals surface area contributed by atoms with Gasteiger partial charge in [-0.05, 0) is 53.0 Å². The molecule has 0 aliphatic rings. The first kappa shape index (κ1) is 15.9. The van der Waals surface area contributed by atoms with Crippen molar-refractivity contribution in [3.05, 3.63) is 45.6 Å². The summed E-state index contributed by atoms with van der Waals surface area (Å²) in [5.41, 5.74) is 2.70. The average Bonchev–Trinajstić information content (AvgIpc) is 2.95. The van der Waals surface area contributed by atoms with Gasteiger partial charge in [-0.25, -0.2) is 0 Å². The van der Waals surface area contributed by atoms with E-state index in [1.54, 1.807) is 14.2 Å². The lowest BCUT2D eigenvalue weighted by atomic mass is 9.94.